The monoisotopic (exact) mass is 449 g/mol. The maximum absolute atomic E-state index is 5.42. The van der Waals surface area contributed by atoms with Crippen LogP contribution in [-0.2, 0) is 6.54 Å². The zero-order chi connectivity index (χ0) is 17.2. The van der Waals surface area contributed by atoms with Gasteiger partial charge in [-0.15, -0.1) is 24.0 Å². The van der Waals surface area contributed by atoms with Crippen LogP contribution >= 0.6 is 24.0 Å². The van der Waals surface area contributed by atoms with Crippen molar-refractivity contribution in [2.75, 3.05) is 21.3 Å². The summed E-state index contributed by atoms with van der Waals surface area (Å²) in [5.41, 5.74) is 1.06. The van der Waals surface area contributed by atoms with Crippen molar-refractivity contribution < 1.29 is 9.47 Å². The van der Waals surface area contributed by atoms with Crippen molar-refractivity contribution in [3.8, 4) is 11.5 Å². The van der Waals surface area contributed by atoms with Crippen molar-refractivity contribution in [3.05, 3.63) is 23.8 Å². The Balaban J connectivity index is 0.00000529. The molecule has 0 radical (unpaired) electrons. The highest BCUT2D eigenvalue weighted by Gasteiger charge is 2.09. The van der Waals surface area contributed by atoms with E-state index in [0.29, 0.717) is 12.6 Å². The largest absolute Gasteiger partial charge is 0.497 e. The Morgan fingerprint density at radius 3 is 2.38 bits per heavy atom. The van der Waals surface area contributed by atoms with Crippen LogP contribution in [0.2, 0.25) is 0 Å². The van der Waals surface area contributed by atoms with Crippen molar-refractivity contribution in [2.45, 2.75) is 46.2 Å². The summed E-state index contributed by atoms with van der Waals surface area (Å²) >= 11 is 0. The van der Waals surface area contributed by atoms with Gasteiger partial charge in [0.25, 0.3) is 0 Å². The van der Waals surface area contributed by atoms with Gasteiger partial charge in [0.1, 0.15) is 11.5 Å². The molecule has 0 amide bonds. The SMILES string of the molecule is CN=C(NCc1ccc(OC)cc1OC)NC(C)CCC(C)C.I. The Labute approximate surface area is 163 Å². The molecule has 0 saturated heterocycles. The average molecular weight is 449 g/mol. The lowest BCUT2D eigenvalue weighted by Crippen LogP contribution is -2.42. The molecule has 0 bridgehead atoms. The van der Waals surface area contributed by atoms with E-state index in [0.717, 1.165) is 35.4 Å². The van der Waals surface area contributed by atoms with Crippen molar-refractivity contribution >= 4 is 29.9 Å². The number of nitrogens with one attached hydrogen (secondary N) is 2. The molecule has 0 spiro atoms. The van der Waals surface area contributed by atoms with Gasteiger partial charge in [-0.25, -0.2) is 0 Å². The highest BCUT2D eigenvalue weighted by Crippen LogP contribution is 2.24. The molecule has 1 rings (SSSR count). The van der Waals surface area contributed by atoms with Crippen LogP contribution in [0.15, 0.2) is 23.2 Å². The molecule has 0 heterocycles. The number of halogens is 1. The van der Waals surface area contributed by atoms with E-state index in [1.165, 1.54) is 6.42 Å². The van der Waals surface area contributed by atoms with E-state index in [1.807, 2.05) is 18.2 Å². The summed E-state index contributed by atoms with van der Waals surface area (Å²) in [5, 5.41) is 6.76. The molecule has 0 fully saturated rings. The molecule has 1 aromatic rings. The van der Waals surface area contributed by atoms with Gasteiger partial charge in [-0.1, -0.05) is 13.8 Å². The summed E-state index contributed by atoms with van der Waals surface area (Å²) in [4.78, 5) is 4.29. The summed E-state index contributed by atoms with van der Waals surface area (Å²) in [6, 6.07) is 6.21. The minimum absolute atomic E-state index is 0. The second-order valence-electron chi connectivity index (χ2n) is 6.12. The first kappa shape index (κ1) is 22.8. The van der Waals surface area contributed by atoms with Crippen LogP contribution in [0.3, 0.4) is 0 Å². The van der Waals surface area contributed by atoms with Crippen LogP contribution < -0.4 is 20.1 Å². The number of ether oxygens (including phenoxy) is 2. The van der Waals surface area contributed by atoms with Gasteiger partial charge >= 0.3 is 0 Å². The molecule has 0 aromatic heterocycles. The number of methoxy groups -OCH3 is 2. The molecule has 0 aliphatic carbocycles. The van der Waals surface area contributed by atoms with E-state index in [2.05, 4.69) is 36.4 Å². The van der Waals surface area contributed by atoms with Crippen LogP contribution in [-0.4, -0.2) is 33.3 Å². The minimum Gasteiger partial charge on any atom is -0.497 e. The first-order valence-corrected chi connectivity index (χ1v) is 8.18. The molecule has 138 valence electrons. The number of hydrogen-bond acceptors (Lipinski definition) is 3. The van der Waals surface area contributed by atoms with Crippen LogP contribution in [0, 0.1) is 5.92 Å². The van der Waals surface area contributed by atoms with E-state index in [9.17, 15) is 0 Å². The molecular formula is C18H32IN3O2. The number of aliphatic imine (C=N–C) groups is 1. The smallest absolute Gasteiger partial charge is 0.191 e. The van der Waals surface area contributed by atoms with Crippen molar-refractivity contribution in [3.63, 3.8) is 0 Å². The lowest BCUT2D eigenvalue weighted by atomic mass is 10.0. The fourth-order valence-electron chi connectivity index (χ4n) is 2.26. The number of rotatable bonds is 8. The molecule has 5 nitrogen and oxygen atoms in total. The van der Waals surface area contributed by atoms with Gasteiger partial charge in [0.05, 0.1) is 14.2 Å². The zero-order valence-electron chi connectivity index (χ0n) is 15.7. The highest BCUT2D eigenvalue weighted by atomic mass is 127. The van der Waals surface area contributed by atoms with Crippen LogP contribution in [0.4, 0.5) is 0 Å². The maximum atomic E-state index is 5.42. The summed E-state index contributed by atoms with van der Waals surface area (Å²) in [6.07, 6.45) is 2.34. The topological polar surface area (TPSA) is 54.9 Å². The van der Waals surface area contributed by atoms with E-state index >= 15 is 0 Å². The number of nitrogens with zero attached hydrogens (tertiary/aromatic N) is 1. The zero-order valence-corrected chi connectivity index (χ0v) is 18.0. The predicted molar refractivity (Wildman–Crippen MR) is 112 cm³/mol. The third-order valence-electron chi connectivity index (χ3n) is 3.72. The molecule has 6 heteroatoms. The maximum Gasteiger partial charge on any atom is 0.191 e. The molecule has 1 unspecified atom stereocenters. The van der Waals surface area contributed by atoms with Crippen molar-refractivity contribution in [2.24, 2.45) is 10.9 Å². The molecule has 24 heavy (non-hydrogen) atoms. The summed E-state index contributed by atoms with van der Waals surface area (Å²) in [6.45, 7) is 7.32. The Bertz CT molecular complexity index is 507. The third kappa shape index (κ3) is 8.08. The molecule has 0 aliphatic rings. The molecular weight excluding hydrogens is 417 g/mol. The minimum atomic E-state index is 0. The van der Waals surface area contributed by atoms with Crippen molar-refractivity contribution in [1.82, 2.24) is 10.6 Å². The van der Waals surface area contributed by atoms with Gasteiger partial charge in [0.2, 0.25) is 0 Å². The highest BCUT2D eigenvalue weighted by molar-refractivity contribution is 14.0. The molecule has 1 aromatic carbocycles. The predicted octanol–water partition coefficient (Wildman–Crippen LogP) is 3.81. The normalized spacial score (nSPS) is 12.4. The van der Waals surface area contributed by atoms with E-state index in [-0.39, 0.29) is 24.0 Å². The van der Waals surface area contributed by atoms with Crippen LogP contribution in [0.5, 0.6) is 11.5 Å². The van der Waals surface area contributed by atoms with Gasteiger partial charge in [-0.3, -0.25) is 4.99 Å². The van der Waals surface area contributed by atoms with Gasteiger partial charge in [-0.2, -0.15) is 0 Å². The second-order valence-corrected chi connectivity index (χ2v) is 6.12. The average Bonchev–Trinajstić information content (AvgIpc) is 2.56. The molecule has 1 atom stereocenters. The van der Waals surface area contributed by atoms with Gasteiger partial charge < -0.3 is 20.1 Å². The van der Waals surface area contributed by atoms with Crippen LogP contribution in [0.25, 0.3) is 0 Å². The van der Waals surface area contributed by atoms with Gasteiger partial charge in [0.15, 0.2) is 5.96 Å². The molecule has 2 N–H and O–H groups in total. The van der Waals surface area contributed by atoms with E-state index in [1.54, 1.807) is 21.3 Å². The van der Waals surface area contributed by atoms with E-state index < -0.39 is 0 Å². The molecule has 0 saturated carbocycles. The van der Waals surface area contributed by atoms with Gasteiger partial charge in [0, 0.05) is 31.3 Å². The second kappa shape index (κ2) is 12.2. The Morgan fingerprint density at radius 1 is 1.12 bits per heavy atom. The fraction of sp³-hybridized carbons (Fsp3) is 0.611. The number of benzene rings is 1. The number of guanidine groups is 1. The Kier molecular flexibility index (Phi) is 11.6. The quantitative estimate of drug-likeness (QED) is 0.360. The van der Waals surface area contributed by atoms with Crippen molar-refractivity contribution in [1.29, 1.82) is 0 Å². The fourth-order valence-corrected chi connectivity index (χ4v) is 2.26. The lowest BCUT2D eigenvalue weighted by Gasteiger charge is -2.19. The standard InChI is InChI=1S/C18H31N3O2.HI/c1-13(2)7-8-14(3)21-18(19-4)20-12-15-9-10-16(22-5)11-17(15)23-6;/h9-11,13-14H,7-8,12H2,1-6H3,(H2,19,20,21);1H. The number of hydrogen-bond donors (Lipinski definition) is 2. The van der Waals surface area contributed by atoms with Gasteiger partial charge in [-0.05, 0) is 37.8 Å². The first-order valence-electron chi connectivity index (χ1n) is 8.18. The Hall–Kier alpha value is -1.18. The lowest BCUT2D eigenvalue weighted by molar-refractivity contribution is 0.390. The van der Waals surface area contributed by atoms with E-state index in [4.69, 9.17) is 9.47 Å². The summed E-state index contributed by atoms with van der Waals surface area (Å²) in [7, 11) is 5.10. The molecule has 0 aliphatic heterocycles. The van der Waals surface area contributed by atoms with Crippen LogP contribution in [0.1, 0.15) is 39.2 Å². The first-order chi connectivity index (χ1) is 11.0. The summed E-state index contributed by atoms with van der Waals surface area (Å²) < 4.78 is 10.6. The third-order valence-corrected chi connectivity index (χ3v) is 3.72. The summed E-state index contributed by atoms with van der Waals surface area (Å²) in [5.74, 6) is 3.12. The Morgan fingerprint density at radius 2 is 1.83 bits per heavy atom.